The Bertz CT molecular complexity index is 2260. The van der Waals surface area contributed by atoms with Crippen molar-refractivity contribution in [2.75, 3.05) is 11.5 Å². The molecule has 0 unspecified atom stereocenters. The van der Waals surface area contributed by atoms with E-state index >= 15 is 0 Å². The predicted molar refractivity (Wildman–Crippen MR) is 188 cm³/mol. The molecule has 0 radical (unpaired) electrons. The summed E-state index contributed by atoms with van der Waals surface area (Å²) in [5.41, 5.74) is 10.2. The summed E-state index contributed by atoms with van der Waals surface area (Å²) in [6.45, 7) is 7.46. The zero-order chi connectivity index (χ0) is 38.9. The van der Waals surface area contributed by atoms with E-state index < -0.39 is 87.9 Å². The molecule has 6 heterocycles. The summed E-state index contributed by atoms with van der Waals surface area (Å²) < 4.78 is 30.0. The molecule has 288 valence electrons. The quantitative estimate of drug-likeness (QED) is 0.110. The summed E-state index contributed by atoms with van der Waals surface area (Å²) in [7, 11) is 0. The number of nitrogens with zero attached hydrogens (tertiary/aromatic N) is 4. The van der Waals surface area contributed by atoms with Gasteiger partial charge in [-0.1, -0.05) is 36.5 Å². The van der Waals surface area contributed by atoms with Crippen LogP contribution in [0.15, 0.2) is 19.2 Å². The highest BCUT2D eigenvalue weighted by Gasteiger charge is 2.45. The molecule has 4 aromatic rings. The van der Waals surface area contributed by atoms with Crippen LogP contribution in [0.4, 0.5) is 11.9 Å². The van der Waals surface area contributed by atoms with Crippen molar-refractivity contribution in [2.45, 2.75) is 109 Å². The van der Waals surface area contributed by atoms with Crippen LogP contribution in [0, 0.1) is 0 Å². The number of nitrogens with two attached hydrogens (primary N) is 2. The van der Waals surface area contributed by atoms with Gasteiger partial charge in [0.05, 0.1) is 6.10 Å². The standard InChI is InChI=1S/C16H20N4O7S.C14H18N4O6S/c1-4-8(25-6(2)21)9-5-10(26-7(3)22)14(27-9)20-12-11(28-16(20)24)13(23)19-15(17)18-12;1-3-7(23-5(2)19)8-4-6(20)12(24-8)18-10-9(25-14(18)22)11(21)17-13(15)16-10/h8-10,14H,4-5H2,1-3H3,(H3,17,18,19,23);6-8,12,20H,3-4H2,1-2H3,(H3,15,16,17,21)/t8-,9-,10+,14+;6-,7+,8+,12-/m01/s1. The van der Waals surface area contributed by atoms with Gasteiger partial charge >= 0.3 is 27.7 Å². The largest absolute Gasteiger partial charge is 0.460 e. The van der Waals surface area contributed by atoms with Gasteiger partial charge in [-0.15, -0.1) is 0 Å². The zero-order valence-electron chi connectivity index (χ0n) is 29.1. The SMILES string of the molecule is CC[C@H](OC(C)=O)[C@@H]1C[C@@H](O)[C@H](n2c(=O)sc3c(=O)[nH]c(N)nc32)O1.CC[C@H](OC(C)=O)[C@@H]1C[C@@H](OC(C)=O)[C@H](n2c(=O)sc3c(=O)[nH]c(N)nc32)O1. The normalized spacial score (nSPS) is 23.7. The Kier molecular flexibility index (Phi) is 11.8. The summed E-state index contributed by atoms with van der Waals surface area (Å²) in [6.07, 6.45) is -4.88. The Balaban J connectivity index is 0.000000206. The average molecular weight is 783 g/mol. The van der Waals surface area contributed by atoms with Crippen LogP contribution in [0.2, 0.25) is 0 Å². The zero-order valence-corrected chi connectivity index (χ0v) is 30.7. The van der Waals surface area contributed by atoms with Crippen molar-refractivity contribution < 1.29 is 43.2 Å². The molecule has 0 aromatic carbocycles. The molecular weight excluding hydrogens is 745 g/mol. The second kappa shape index (κ2) is 16.0. The highest BCUT2D eigenvalue weighted by atomic mass is 32.1. The van der Waals surface area contributed by atoms with Gasteiger partial charge in [-0.05, 0) is 12.8 Å². The fourth-order valence-corrected chi connectivity index (χ4v) is 7.90. The summed E-state index contributed by atoms with van der Waals surface area (Å²) in [6, 6.07) is 0. The van der Waals surface area contributed by atoms with E-state index in [1.54, 1.807) is 0 Å². The smallest absolute Gasteiger partial charge is 0.311 e. The van der Waals surface area contributed by atoms with Crippen molar-refractivity contribution >= 4 is 73.2 Å². The molecule has 23 heteroatoms. The van der Waals surface area contributed by atoms with Crippen LogP contribution < -0.4 is 32.3 Å². The Morgan fingerprint density at radius 1 is 0.792 bits per heavy atom. The molecule has 0 amide bonds. The van der Waals surface area contributed by atoms with Crippen LogP contribution in [0.3, 0.4) is 0 Å². The molecular formula is C30H38N8O13S2. The van der Waals surface area contributed by atoms with Gasteiger partial charge < -0.3 is 40.3 Å². The van der Waals surface area contributed by atoms with Crippen molar-refractivity contribution in [3.05, 3.63) is 40.0 Å². The molecule has 2 aliphatic heterocycles. The average Bonchev–Trinajstić information content (AvgIpc) is 3.81. The van der Waals surface area contributed by atoms with E-state index in [0.29, 0.717) is 35.5 Å². The van der Waals surface area contributed by atoms with E-state index in [0.717, 1.165) is 9.13 Å². The fourth-order valence-electron chi connectivity index (χ4n) is 6.22. The van der Waals surface area contributed by atoms with E-state index in [2.05, 4.69) is 19.9 Å². The number of hydrogen-bond acceptors (Lipinski definition) is 19. The van der Waals surface area contributed by atoms with Gasteiger partial charge in [0, 0.05) is 33.6 Å². The van der Waals surface area contributed by atoms with Gasteiger partial charge in [-0.25, -0.2) is 0 Å². The van der Waals surface area contributed by atoms with Crippen LogP contribution >= 0.6 is 22.7 Å². The third kappa shape index (κ3) is 8.32. The number of aromatic nitrogens is 6. The topological polar surface area (TPSA) is 305 Å². The monoisotopic (exact) mass is 782 g/mol. The van der Waals surface area contributed by atoms with Gasteiger partial charge in [-0.3, -0.25) is 52.7 Å². The minimum Gasteiger partial charge on any atom is -0.460 e. The first-order valence-corrected chi connectivity index (χ1v) is 18.0. The third-order valence-corrected chi connectivity index (χ3v) is 10.2. The Morgan fingerprint density at radius 2 is 1.23 bits per heavy atom. The van der Waals surface area contributed by atoms with Crippen molar-refractivity contribution in [3.8, 4) is 0 Å². The Morgan fingerprint density at radius 3 is 1.66 bits per heavy atom. The molecule has 0 saturated carbocycles. The first-order valence-electron chi connectivity index (χ1n) is 16.3. The van der Waals surface area contributed by atoms with Crippen LogP contribution in [0.25, 0.3) is 20.7 Å². The fraction of sp³-hybridized carbons (Fsp3) is 0.567. The Labute approximate surface area is 305 Å². The highest BCUT2D eigenvalue weighted by molar-refractivity contribution is 7.16. The summed E-state index contributed by atoms with van der Waals surface area (Å²) in [4.78, 5) is 94.7. The van der Waals surface area contributed by atoms with E-state index in [9.17, 15) is 38.7 Å². The lowest BCUT2D eigenvalue weighted by Crippen LogP contribution is -2.31. The Hall–Kier alpha value is -4.97. The molecule has 0 aliphatic carbocycles. The number of nitrogens with one attached hydrogen (secondary N) is 2. The van der Waals surface area contributed by atoms with Gasteiger partial charge in [0.15, 0.2) is 23.8 Å². The first kappa shape index (κ1) is 39.2. The van der Waals surface area contributed by atoms with Crippen LogP contribution in [-0.4, -0.2) is 88.7 Å². The number of aliphatic hydroxyl groups is 1. The second-order valence-corrected chi connectivity index (χ2v) is 14.0. The molecule has 0 bridgehead atoms. The molecule has 21 nitrogen and oxygen atoms in total. The molecule has 53 heavy (non-hydrogen) atoms. The molecule has 2 aliphatic rings. The molecule has 4 aromatic heterocycles. The number of thiazole rings is 2. The van der Waals surface area contributed by atoms with Crippen LogP contribution in [-0.2, 0) is 38.1 Å². The number of carbonyl (C=O) groups excluding carboxylic acids is 3. The number of H-pyrrole nitrogens is 2. The van der Waals surface area contributed by atoms with Crippen molar-refractivity contribution in [2.24, 2.45) is 0 Å². The lowest BCUT2D eigenvalue weighted by Gasteiger charge is -2.22. The van der Waals surface area contributed by atoms with Crippen molar-refractivity contribution in [3.63, 3.8) is 0 Å². The molecule has 2 fully saturated rings. The number of aliphatic hydroxyl groups excluding tert-OH is 1. The van der Waals surface area contributed by atoms with Gasteiger partial charge in [-0.2, -0.15) is 9.97 Å². The minimum atomic E-state index is -1.04. The molecule has 0 spiro atoms. The maximum absolute atomic E-state index is 12.6. The van der Waals surface area contributed by atoms with E-state index in [1.165, 1.54) is 20.8 Å². The third-order valence-electron chi connectivity index (χ3n) is 8.29. The number of anilines is 2. The van der Waals surface area contributed by atoms with Gasteiger partial charge in [0.2, 0.25) is 11.9 Å². The number of rotatable bonds is 9. The summed E-state index contributed by atoms with van der Waals surface area (Å²) >= 11 is 1.39. The number of fused-ring (bicyclic) bond motifs is 2. The minimum absolute atomic E-state index is 0.0413. The van der Waals surface area contributed by atoms with Gasteiger partial charge in [0.25, 0.3) is 11.1 Å². The van der Waals surface area contributed by atoms with Gasteiger partial charge in [0.1, 0.15) is 39.9 Å². The maximum atomic E-state index is 12.6. The molecule has 6 rings (SSSR count). The highest BCUT2D eigenvalue weighted by Crippen LogP contribution is 2.36. The number of esters is 3. The predicted octanol–water partition coefficient (Wildman–Crippen LogP) is 0.00800. The van der Waals surface area contributed by atoms with E-state index in [1.807, 2.05) is 13.8 Å². The van der Waals surface area contributed by atoms with Crippen LogP contribution in [0.5, 0.6) is 0 Å². The van der Waals surface area contributed by atoms with Crippen LogP contribution in [0.1, 0.15) is 72.8 Å². The van der Waals surface area contributed by atoms with E-state index in [-0.39, 0.29) is 45.4 Å². The molecule has 8 atom stereocenters. The second-order valence-electron chi connectivity index (χ2n) is 12.1. The lowest BCUT2D eigenvalue weighted by atomic mass is 10.1. The number of ether oxygens (including phenoxy) is 5. The number of carbonyl (C=O) groups is 3. The van der Waals surface area contributed by atoms with Crippen molar-refractivity contribution in [1.29, 1.82) is 0 Å². The van der Waals surface area contributed by atoms with Crippen molar-refractivity contribution in [1.82, 2.24) is 29.1 Å². The number of aromatic amines is 2. The first-order chi connectivity index (χ1) is 25.0. The summed E-state index contributed by atoms with van der Waals surface area (Å²) in [5.74, 6) is -1.78. The lowest BCUT2D eigenvalue weighted by molar-refractivity contribution is -0.159. The maximum Gasteiger partial charge on any atom is 0.311 e. The summed E-state index contributed by atoms with van der Waals surface area (Å²) in [5, 5.41) is 10.4. The molecule has 7 N–H and O–H groups in total. The number of nitrogen functional groups attached to an aromatic ring is 2. The van der Waals surface area contributed by atoms with E-state index in [4.69, 9.17) is 35.2 Å². The number of hydrogen-bond donors (Lipinski definition) is 5. The molecule has 2 saturated heterocycles.